The molecule has 0 N–H and O–H groups in total. The van der Waals surface area contributed by atoms with E-state index in [9.17, 15) is 14.8 Å². The maximum Gasteiger partial charge on any atom is 0.317 e. The molecule has 0 radical (unpaired) electrons. The topological polar surface area (TPSA) is 63.5 Å². The molecule has 0 saturated carbocycles. The highest BCUT2D eigenvalue weighted by atomic mass is 16.5. The third-order valence-electron chi connectivity index (χ3n) is 3.48. The van der Waals surface area contributed by atoms with Crippen LogP contribution in [0.2, 0.25) is 0 Å². The van der Waals surface area contributed by atoms with Crippen LogP contribution in [0.25, 0.3) is 0 Å². The van der Waals surface area contributed by atoms with Gasteiger partial charge in [-0.25, -0.2) is 14.3 Å². The third kappa shape index (κ3) is 2.48. The molecule has 2 aromatic carbocycles. The van der Waals surface area contributed by atoms with Gasteiger partial charge in [-0.05, 0) is 24.3 Å². The molecular formula is C17H14N2O3. The highest BCUT2D eigenvalue weighted by molar-refractivity contribution is 6.20. The molecule has 0 spiro atoms. The van der Waals surface area contributed by atoms with Gasteiger partial charge >= 0.3 is 17.6 Å². The smallest absolute Gasteiger partial charge is 0.317 e. The molecule has 0 aliphatic carbocycles. The van der Waals surface area contributed by atoms with Gasteiger partial charge < -0.3 is 5.21 Å². The molecule has 1 fully saturated rings. The summed E-state index contributed by atoms with van der Waals surface area (Å²) in [5.41, 5.74) is 0.902. The molecule has 1 aliphatic rings. The number of benzene rings is 2. The minimum absolute atomic E-state index is 0.0549. The molecule has 1 aliphatic heterocycles. The van der Waals surface area contributed by atoms with Crippen LogP contribution in [-0.2, 0) is 9.59 Å². The van der Waals surface area contributed by atoms with Crippen molar-refractivity contribution in [2.45, 2.75) is 12.8 Å². The Labute approximate surface area is 127 Å². The van der Waals surface area contributed by atoms with Crippen molar-refractivity contribution in [3.63, 3.8) is 0 Å². The second-order valence-electron chi connectivity index (χ2n) is 4.94. The number of hydrogen-bond acceptors (Lipinski definition) is 3. The van der Waals surface area contributed by atoms with Crippen LogP contribution in [0.5, 0.6) is 0 Å². The van der Waals surface area contributed by atoms with Gasteiger partial charge in [0.15, 0.2) is 0 Å². The number of hydrogen-bond donors (Lipinski definition) is 0. The van der Waals surface area contributed by atoms with Crippen molar-refractivity contribution in [3.05, 3.63) is 71.4 Å². The molecule has 1 saturated heterocycles. The van der Waals surface area contributed by atoms with E-state index in [-0.39, 0.29) is 30.5 Å². The van der Waals surface area contributed by atoms with Crippen molar-refractivity contribution < 1.29 is 14.3 Å². The van der Waals surface area contributed by atoms with Gasteiger partial charge in [-0.3, -0.25) is 0 Å². The van der Waals surface area contributed by atoms with Crippen LogP contribution < -0.4 is 0 Å². The van der Waals surface area contributed by atoms with Crippen molar-refractivity contribution in [1.82, 2.24) is 4.90 Å². The summed E-state index contributed by atoms with van der Waals surface area (Å²) in [6.07, 6.45) is 0.273. The van der Waals surface area contributed by atoms with Crippen molar-refractivity contribution >= 4 is 23.3 Å². The largest absolute Gasteiger partial charge is 0.710 e. The number of nitrogens with zero attached hydrogens (tertiary/aromatic N) is 2. The molecule has 5 heteroatoms. The Morgan fingerprint density at radius 2 is 1.36 bits per heavy atom. The van der Waals surface area contributed by atoms with Gasteiger partial charge in [0, 0.05) is 0 Å². The third-order valence-corrected chi connectivity index (χ3v) is 3.48. The van der Waals surface area contributed by atoms with Gasteiger partial charge in [0.2, 0.25) is 0 Å². The van der Waals surface area contributed by atoms with E-state index in [4.69, 9.17) is 0 Å². The second kappa shape index (κ2) is 5.81. The van der Waals surface area contributed by atoms with Crippen molar-refractivity contribution in [2.24, 2.45) is 0 Å². The van der Waals surface area contributed by atoms with Gasteiger partial charge in [0.1, 0.15) is 5.69 Å². The number of amides is 2. The number of carbonyl (C=O) groups is 2. The number of amidine groups is 1. The predicted octanol–water partition coefficient (Wildman–Crippen LogP) is 2.42. The number of likely N-dealkylation sites (tertiary alicyclic amines) is 1. The fourth-order valence-corrected chi connectivity index (χ4v) is 2.42. The van der Waals surface area contributed by atoms with Crippen molar-refractivity contribution in [1.29, 1.82) is 0 Å². The monoisotopic (exact) mass is 294 g/mol. The summed E-state index contributed by atoms with van der Waals surface area (Å²) in [6.45, 7) is 0. The van der Waals surface area contributed by atoms with E-state index in [0.717, 1.165) is 4.90 Å². The minimum atomic E-state index is -0.347. The van der Waals surface area contributed by atoms with Crippen LogP contribution in [0.4, 0.5) is 5.69 Å². The summed E-state index contributed by atoms with van der Waals surface area (Å²) < 4.78 is 0.635. The summed E-state index contributed by atoms with van der Waals surface area (Å²) in [4.78, 5) is 25.1. The summed E-state index contributed by atoms with van der Waals surface area (Å²) in [5, 5.41) is 12.8. The first-order valence-electron chi connectivity index (χ1n) is 6.99. The van der Waals surface area contributed by atoms with Crippen molar-refractivity contribution in [2.75, 3.05) is 0 Å². The van der Waals surface area contributed by atoms with Crippen LogP contribution in [-0.4, -0.2) is 27.3 Å². The molecule has 2 amide bonds. The van der Waals surface area contributed by atoms with E-state index in [2.05, 4.69) is 0 Å². The molecular weight excluding hydrogens is 280 g/mol. The molecule has 22 heavy (non-hydrogen) atoms. The van der Waals surface area contributed by atoms with Crippen LogP contribution in [0.15, 0.2) is 60.7 Å². The van der Waals surface area contributed by atoms with E-state index in [1.165, 1.54) is 0 Å². The first-order chi connectivity index (χ1) is 10.7. The zero-order chi connectivity index (χ0) is 15.5. The molecule has 0 aromatic heterocycles. The quantitative estimate of drug-likeness (QED) is 0.213. The molecule has 3 rings (SSSR count). The average Bonchev–Trinajstić information content (AvgIpc) is 2.89. The lowest BCUT2D eigenvalue weighted by atomic mass is 10.2. The Morgan fingerprint density at radius 3 is 1.91 bits per heavy atom. The first kappa shape index (κ1) is 14.0. The highest BCUT2D eigenvalue weighted by Crippen LogP contribution is 2.20. The van der Waals surface area contributed by atoms with Crippen LogP contribution >= 0.6 is 0 Å². The highest BCUT2D eigenvalue weighted by Gasteiger charge is 2.42. The Balaban J connectivity index is 2.20. The summed E-state index contributed by atoms with van der Waals surface area (Å²) in [5.74, 6) is -0.638. The number of rotatable bonds is 2. The molecule has 1 heterocycles. The molecule has 110 valence electrons. The lowest BCUT2D eigenvalue weighted by Crippen LogP contribution is -2.40. The van der Waals surface area contributed by atoms with Crippen LogP contribution in [0, 0.1) is 5.21 Å². The van der Waals surface area contributed by atoms with E-state index < -0.39 is 0 Å². The van der Waals surface area contributed by atoms with Gasteiger partial charge in [0.25, 0.3) is 0 Å². The lowest BCUT2D eigenvalue weighted by molar-refractivity contribution is -0.365. The summed E-state index contributed by atoms with van der Waals surface area (Å²) >= 11 is 0. The Kier molecular flexibility index (Phi) is 3.70. The molecule has 0 atom stereocenters. The number of carbonyl (C=O) groups excluding carboxylic acids is 2. The van der Waals surface area contributed by atoms with Gasteiger partial charge in [-0.15, -0.1) is 4.90 Å². The van der Waals surface area contributed by atoms with E-state index in [0.29, 0.717) is 16.0 Å². The lowest BCUT2D eigenvalue weighted by Gasteiger charge is -2.18. The van der Waals surface area contributed by atoms with E-state index >= 15 is 0 Å². The Hall–Kier alpha value is -2.95. The maximum atomic E-state index is 12.8. The molecule has 5 nitrogen and oxygen atoms in total. The SMILES string of the molecule is O=C1CCC(=O)N1/C(c1ccccc1)=[N+](\[O-])c1ccccc1. The number of para-hydroxylation sites is 1. The molecule has 0 unspecified atom stereocenters. The summed E-state index contributed by atoms with van der Waals surface area (Å²) in [7, 11) is 0. The fraction of sp³-hybridized carbons (Fsp3) is 0.118. The van der Waals surface area contributed by atoms with Crippen LogP contribution in [0.3, 0.4) is 0 Å². The minimum Gasteiger partial charge on any atom is -0.710 e. The van der Waals surface area contributed by atoms with E-state index in [1.54, 1.807) is 54.6 Å². The van der Waals surface area contributed by atoms with Gasteiger partial charge in [0.05, 0.1) is 18.4 Å². The summed E-state index contributed by atoms with van der Waals surface area (Å²) in [6, 6.07) is 17.3. The zero-order valence-electron chi connectivity index (χ0n) is 11.8. The van der Waals surface area contributed by atoms with Gasteiger partial charge in [-0.2, -0.15) is 0 Å². The molecule has 2 aromatic rings. The van der Waals surface area contributed by atoms with Crippen molar-refractivity contribution in [3.8, 4) is 0 Å². The van der Waals surface area contributed by atoms with Crippen LogP contribution in [0.1, 0.15) is 18.4 Å². The maximum absolute atomic E-state index is 12.8. The van der Waals surface area contributed by atoms with E-state index in [1.807, 2.05) is 6.07 Å². The first-order valence-corrected chi connectivity index (χ1v) is 6.99. The normalized spacial score (nSPS) is 15.9. The second-order valence-corrected chi connectivity index (χ2v) is 4.94. The predicted molar refractivity (Wildman–Crippen MR) is 81.4 cm³/mol. The molecule has 0 bridgehead atoms. The standard InChI is InChI=1S/C17H14N2O3/c20-15-11-12-16(21)18(15)17(13-7-3-1-4-8-13)19(22)14-9-5-2-6-10-14/h1-10H,11-12H2/b19-17-. The fourth-order valence-electron chi connectivity index (χ4n) is 2.42. The van der Waals surface area contributed by atoms with Gasteiger partial charge in [-0.1, -0.05) is 36.4 Å². The zero-order valence-corrected chi connectivity index (χ0v) is 11.8. The Morgan fingerprint density at radius 1 is 0.864 bits per heavy atom. The average molecular weight is 294 g/mol. The Bertz CT molecular complexity index is 723. The number of imide groups is 1.